The van der Waals surface area contributed by atoms with Gasteiger partial charge in [-0.2, -0.15) is 9.40 Å². The summed E-state index contributed by atoms with van der Waals surface area (Å²) in [6.07, 6.45) is 5.04. The largest absolute Gasteiger partial charge is 0.487 e. The molecule has 1 unspecified atom stereocenters. The summed E-state index contributed by atoms with van der Waals surface area (Å²) < 4.78 is 33.7. The van der Waals surface area contributed by atoms with Gasteiger partial charge in [-0.05, 0) is 25.5 Å². The van der Waals surface area contributed by atoms with Crippen LogP contribution >= 0.6 is 0 Å². The van der Waals surface area contributed by atoms with Crippen LogP contribution in [0.1, 0.15) is 12.1 Å². The molecule has 0 aromatic carbocycles. The highest BCUT2D eigenvalue weighted by Crippen LogP contribution is 2.23. The van der Waals surface area contributed by atoms with Crippen LogP contribution in [0.4, 0.5) is 0 Å². The number of pyridine rings is 1. The summed E-state index contributed by atoms with van der Waals surface area (Å²) in [6.45, 7) is 2.69. The molecule has 2 aromatic heterocycles. The summed E-state index contributed by atoms with van der Waals surface area (Å²) in [4.78, 5) is 4.39. The van der Waals surface area contributed by atoms with Crippen LogP contribution in [0.3, 0.4) is 0 Å². The lowest BCUT2D eigenvalue weighted by atomic mass is 10.3. The van der Waals surface area contributed by atoms with Crippen molar-refractivity contribution in [1.82, 2.24) is 19.1 Å². The molecule has 1 saturated heterocycles. The topological polar surface area (TPSA) is 77.3 Å². The average Bonchev–Trinajstić information content (AvgIpc) is 3.11. The van der Waals surface area contributed by atoms with Gasteiger partial charge in [-0.3, -0.25) is 9.67 Å². The number of rotatable bonds is 4. The van der Waals surface area contributed by atoms with Crippen LogP contribution in [0.25, 0.3) is 0 Å². The normalized spacial score (nSPS) is 19.5. The van der Waals surface area contributed by atoms with Crippen molar-refractivity contribution < 1.29 is 13.2 Å². The molecule has 1 atom stereocenters. The molecule has 1 fully saturated rings. The summed E-state index contributed by atoms with van der Waals surface area (Å²) in [5.41, 5.74) is 0.916. The minimum absolute atomic E-state index is 0.157. The first-order valence-electron chi connectivity index (χ1n) is 7.03. The van der Waals surface area contributed by atoms with Crippen molar-refractivity contribution in [2.75, 3.05) is 13.1 Å². The van der Waals surface area contributed by atoms with Crippen LogP contribution in [-0.4, -0.2) is 46.7 Å². The monoisotopic (exact) mass is 322 g/mol. The predicted octanol–water partition coefficient (Wildman–Crippen LogP) is 0.966. The molecule has 1 aliphatic rings. The molecule has 0 N–H and O–H groups in total. The Morgan fingerprint density at radius 3 is 2.77 bits per heavy atom. The summed E-state index contributed by atoms with van der Waals surface area (Å²) in [5, 5.41) is 3.92. The van der Waals surface area contributed by atoms with Crippen LogP contribution < -0.4 is 4.74 Å². The number of aromatic nitrogens is 3. The number of hydrogen-bond donors (Lipinski definition) is 0. The Balaban J connectivity index is 1.68. The molecule has 118 valence electrons. The van der Waals surface area contributed by atoms with Crippen molar-refractivity contribution >= 4 is 10.0 Å². The lowest BCUT2D eigenvalue weighted by molar-refractivity contribution is 0.214. The molecule has 8 heteroatoms. The molecule has 0 saturated carbocycles. The SMILES string of the molecule is Cc1ccc(OC2CCN(S(=O)(=O)c3cnn(C)c3)C2)cn1. The van der Waals surface area contributed by atoms with E-state index in [0.29, 0.717) is 25.3 Å². The number of nitrogens with zero attached hydrogens (tertiary/aromatic N) is 4. The van der Waals surface area contributed by atoms with Gasteiger partial charge in [-0.1, -0.05) is 0 Å². The van der Waals surface area contributed by atoms with E-state index >= 15 is 0 Å². The molecule has 0 amide bonds. The van der Waals surface area contributed by atoms with E-state index in [-0.39, 0.29) is 11.0 Å². The molecular weight excluding hydrogens is 304 g/mol. The predicted molar refractivity (Wildman–Crippen MR) is 80.0 cm³/mol. The molecule has 0 spiro atoms. The van der Waals surface area contributed by atoms with Gasteiger partial charge in [-0.25, -0.2) is 8.42 Å². The molecule has 7 nitrogen and oxygen atoms in total. The van der Waals surface area contributed by atoms with Gasteiger partial charge in [0, 0.05) is 25.5 Å². The Hall–Kier alpha value is -1.93. The van der Waals surface area contributed by atoms with Crippen molar-refractivity contribution in [3.05, 3.63) is 36.4 Å². The molecule has 0 bridgehead atoms. The van der Waals surface area contributed by atoms with Gasteiger partial charge in [0.1, 0.15) is 16.7 Å². The Morgan fingerprint density at radius 2 is 2.14 bits per heavy atom. The maximum absolute atomic E-state index is 12.5. The molecule has 2 aromatic rings. The second kappa shape index (κ2) is 5.69. The summed E-state index contributed by atoms with van der Waals surface area (Å²) in [5.74, 6) is 0.663. The fourth-order valence-corrected chi connectivity index (χ4v) is 3.88. The zero-order valence-electron chi connectivity index (χ0n) is 12.5. The highest BCUT2D eigenvalue weighted by molar-refractivity contribution is 7.89. The quantitative estimate of drug-likeness (QED) is 0.838. The first-order valence-corrected chi connectivity index (χ1v) is 8.47. The first-order chi connectivity index (χ1) is 10.4. The van der Waals surface area contributed by atoms with Crippen LogP contribution in [0.5, 0.6) is 5.75 Å². The minimum Gasteiger partial charge on any atom is -0.487 e. The molecule has 3 rings (SSSR count). The molecule has 3 heterocycles. The highest BCUT2D eigenvalue weighted by atomic mass is 32.2. The Labute approximate surface area is 129 Å². The number of sulfonamides is 1. The van der Waals surface area contributed by atoms with Gasteiger partial charge >= 0.3 is 0 Å². The fourth-order valence-electron chi connectivity index (χ4n) is 2.41. The van der Waals surface area contributed by atoms with Crippen molar-refractivity contribution in [3.8, 4) is 5.75 Å². The van der Waals surface area contributed by atoms with Gasteiger partial charge in [0.15, 0.2) is 0 Å². The Bertz CT molecular complexity index is 755. The lowest BCUT2D eigenvalue weighted by Gasteiger charge is -2.16. The van der Waals surface area contributed by atoms with Crippen LogP contribution in [0.2, 0.25) is 0 Å². The third-order valence-corrected chi connectivity index (χ3v) is 5.43. The summed E-state index contributed by atoms with van der Waals surface area (Å²) in [6, 6.07) is 3.72. The zero-order chi connectivity index (χ0) is 15.7. The van der Waals surface area contributed by atoms with E-state index in [1.807, 2.05) is 19.1 Å². The third-order valence-electron chi connectivity index (χ3n) is 3.61. The van der Waals surface area contributed by atoms with Crippen molar-refractivity contribution in [2.24, 2.45) is 7.05 Å². The maximum atomic E-state index is 12.5. The van der Waals surface area contributed by atoms with Crippen LogP contribution in [0.15, 0.2) is 35.6 Å². The summed E-state index contributed by atoms with van der Waals surface area (Å²) in [7, 11) is -1.80. The fraction of sp³-hybridized carbons (Fsp3) is 0.429. The highest BCUT2D eigenvalue weighted by Gasteiger charge is 2.34. The second-order valence-corrected chi connectivity index (χ2v) is 7.31. The molecule has 22 heavy (non-hydrogen) atoms. The number of aryl methyl sites for hydroxylation is 2. The van der Waals surface area contributed by atoms with Crippen LogP contribution in [0, 0.1) is 6.92 Å². The van der Waals surface area contributed by atoms with Crippen molar-refractivity contribution in [2.45, 2.75) is 24.3 Å². The number of hydrogen-bond acceptors (Lipinski definition) is 5. The van der Waals surface area contributed by atoms with E-state index in [1.165, 1.54) is 21.4 Å². The van der Waals surface area contributed by atoms with Gasteiger partial charge < -0.3 is 4.74 Å². The van der Waals surface area contributed by atoms with Crippen molar-refractivity contribution in [1.29, 1.82) is 0 Å². The van der Waals surface area contributed by atoms with Crippen molar-refractivity contribution in [3.63, 3.8) is 0 Å². The zero-order valence-corrected chi connectivity index (χ0v) is 13.3. The molecule has 0 radical (unpaired) electrons. The smallest absolute Gasteiger partial charge is 0.246 e. The van der Waals surface area contributed by atoms with Gasteiger partial charge in [0.25, 0.3) is 0 Å². The molecule has 0 aliphatic carbocycles. The molecular formula is C14H18N4O3S. The third kappa shape index (κ3) is 2.97. The Kier molecular flexibility index (Phi) is 3.88. The number of ether oxygens (including phenoxy) is 1. The van der Waals surface area contributed by atoms with Crippen LogP contribution in [-0.2, 0) is 17.1 Å². The van der Waals surface area contributed by atoms with E-state index in [9.17, 15) is 8.42 Å². The minimum atomic E-state index is -3.50. The van der Waals surface area contributed by atoms with Gasteiger partial charge in [0.05, 0.1) is 18.9 Å². The second-order valence-electron chi connectivity index (χ2n) is 5.38. The van der Waals surface area contributed by atoms with E-state index in [0.717, 1.165) is 5.69 Å². The lowest BCUT2D eigenvalue weighted by Crippen LogP contribution is -2.30. The standard InChI is InChI=1S/C14H18N4O3S/c1-11-3-4-12(7-15-11)21-13-5-6-18(9-13)22(19,20)14-8-16-17(2)10-14/h3-4,7-8,10,13H,5-6,9H2,1-2H3. The van der Waals surface area contributed by atoms with E-state index < -0.39 is 10.0 Å². The van der Waals surface area contributed by atoms with Gasteiger partial charge in [0.2, 0.25) is 10.0 Å². The van der Waals surface area contributed by atoms with E-state index in [4.69, 9.17) is 4.74 Å². The van der Waals surface area contributed by atoms with E-state index in [2.05, 4.69) is 10.1 Å². The maximum Gasteiger partial charge on any atom is 0.246 e. The summed E-state index contributed by atoms with van der Waals surface area (Å²) >= 11 is 0. The van der Waals surface area contributed by atoms with E-state index in [1.54, 1.807) is 13.2 Å². The first kappa shape index (κ1) is 15.0. The average molecular weight is 322 g/mol. The Morgan fingerprint density at radius 1 is 1.32 bits per heavy atom. The van der Waals surface area contributed by atoms with Gasteiger partial charge in [-0.15, -0.1) is 0 Å². The molecule has 1 aliphatic heterocycles.